The fourth-order valence-corrected chi connectivity index (χ4v) is 1.68. The lowest BCUT2D eigenvalue weighted by Crippen LogP contribution is -2.36. The van der Waals surface area contributed by atoms with Gasteiger partial charge in [-0.1, -0.05) is 26.0 Å². The summed E-state index contributed by atoms with van der Waals surface area (Å²) in [5.41, 5.74) is 1.24. The Kier molecular flexibility index (Phi) is 6.36. The van der Waals surface area contributed by atoms with Gasteiger partial charge in [-0.15, -0.1) is 0 Å². The lowest BCUT2D eigenvalue weighted by atomic mass is 10.0. The van der Waals surface area contributed by atoms with Crippen molar-refractivity contribution in [3.05, 3.63) is 29.8 Å². The second-order valence-electron chi connectivity index (χ2n) is 4.99. The molecule has 19 heavy (non-hydrogen) atoms. The Morgan fingerprint density at radius 1 is 1.26 bits per heavy atom. The van der Waals surface area contributed by atoms with E-state index >= 15 is 0 Å². The lowest BCUT2D eigenvalue weighted by molar-refractivity contribution is -0.123. The number of carbonyl (C=O) groups excluding carboxylic acids is 1. The highest BCUT2D eigenvalue weighted by Gasteiger charge is 2.07. The number of nitrogens with one attached hydrogen (secondary N) is 1. The third kappa shape index (κ3) is 5.75. The number of ether oxygens (including phenoxy) is 1. The number of carbonyl (C=O) groups is 1. The van der Waals surface area contributed by atoms with Crippen LogP contribution in [0.5, 0.6) is 5.75 Å². The van der Waals surface area contributed by atoms with Crippen LogP contribution in [0, 0.1) is 0 Å². The average Bonchev–Trinajstić information content (AvgIpc) is 2.37. The van der Waals surface area contributed by atoms with Crippen LogP contribution in [0.2, 0.25) is 0 Å². The summed E-state index contributed by atoms with van der Waals surface area (Å²) in [6.07, 6.45) is 0.550. The van der Waals surface area contributed by atoms with Gasteiger partial charge in [0.1, 0.15) is 5.75 Å². The largest absolute Gasteiger partial charge is 0.484 e. The van der Waals surface area contributed by atoms with Crippen molar-refractivity contribution in [2.75, 3.05) is 13.2 Å². The first-order chi connectivity index (χ1) is 9.02. The van der Waals surface area contributed by atoms with Crippen LogP contribution >= 0.6 is 0 Å². The molecular weight excluding hydrogens is 242 g/mol. The van der Waals surface area contributed by atoms with Crippen LogP contribution in [0.3, 0.4) is 0 Å². The molecule has 1 rings (SSSR count). The smallest absolute Gasteiger partial charge is 0.258 e. The minimum Gasteiger partial charge on any atom is -0.484 e. The average molecular weight is 265 g/mol. The zero-order chi connectivity index (χ0) is 14.3. The fourth-order valence-electron chi connectivity index (χ4n) is 1.68. The van der Waals surface area contributed by atoms with Crippen molar-refractivity contribution in [1.29, 1.82) is 0 Å². The molecule has 0 aliphatic carbocycles. The molecular formula is C15H23NO3. The van der Waals surface area contributed by atoms with Gasteiger partial charge in [-0.25, -0.2) is 0 Å². The second kappa shape index (κ2) is 7.79. The maximum atomic E-state index is 11.6. The van der Waals surface area contributed by atoms with Crippen molar-refractivity contribution in [1.82, 2.24) is 5.32 Å². The summed E-state index contributed by atoms with van der Waals surface area (Å²) >= 11 is 0. The van der Waals surface area contributed by atoms with Crippen LogP contribution in [0.15, 0.2) is 24.3 Å². The van der Waals surface area contributed by atoms with Gasteiger partial charge in [-0.3, -0.25) is 4.79 Å². The Labute approximate surface area is 114 Å². The molecule has 0 heterocycles. The predicted molar refractivity (Wildman–Crippen MR) is 75.3 cm³/mol. The highest BCUT2D eigenvalue weighted by atomic mass is 16.5. The van der Waals surface area contributed by atoms with E-state index in [4.69, 9.17) is 9.84 Å². The summed E-state index contributed by atoms with van der Waals surface area (Å²) in [7, 11) is 0. The van der Waals surface area contributed by atoms with Crippen LogP contribution in [-0.2, 0) is 4.79 Å². The van der Waals surface area contributed by atoms with Gasteiger partial charge in [0.15, 0.2) is 6.61 Å². The van der Waals surface area contributed by atoms with Crippen molar-refractivity contribution < 1.29 is 14.6 Å². The van der Waals surface area contributed by atoms with Gasteiger partial charge in [0.25, 0.3) is 5.91 Å². The number of benzene rings is 1. The lowest BCUT2D eigenvalue weighted by Gasteiger charge is -2.13. The highest BCUT2D eigenvalue weighted by molar-refractivity contribution is 5.77. The van der Waals surface area contributed by atoms with E-state index in [2.05, 4.69) is 19.2 Å². The first-order valence-corrected chi connectivity index (χ1v) is 6.66. The minimum atomic E-state index is -0.172. The summed E-state index contributed by atoms with van der Waals surface area (Å²) < 4.78 is 5.41. The Hall–Kier alpha value is -1.55. The number of hydrogen-bond donors (Lipinski definition) is 2. The minimum absolute atomic E-state index is 0.00318. The van der Waals surface area contributed by atoms with Gasteiger partial charge in [0.05, 0.1) is 0 Å². The van der Waals surface area contributed by atoms with Gasteiger partial charge in [0.2, 0.25) is 0 Å². The maximum Gasteiger partial charge on any atom is 0.258 e. The number of rotatable bonds is 7. The second-order valence-corrected chi connectivity index (χ2v) is 4.99. The Morgan fingerprint density at radius 2 is 1.89 bits per heavy atom. The van der Waals surface area contributed by atoms with E-state index in [0.29, 0.717) is 18.1 Å². The SMILES string of the molecule is CC(CCO)NC(=O)COc1ccc(C(C)C)cc1. The van der Waals surface area contributed by atoms with Crippen LogP contribution < -0.4 is 10.1 Å². The third-order valence-electron chi connectivity index (χ3n) is 2.89. The van der Waals surface area contributed by atoms with E-state index in [1.165, 1.54) is 5.56 Å². The molecule has 0 saturated carbocycles. The molecule has 106 valence electrons. The van der Waals surface area contributed by atoms with E-state index < -0.39 is 0 Å². The molecule has 0 spiro atoms. The highest BCUT2D eigenvalue weighted by Crippen LogP contribution is 2.18. The van der Waals surface area contributed by atoms with Gasteiger partial charge in [-0.2, -0.15) is 0 Å². The quantitative estimate of drug-likeness (QED) is 0.793. The summed E-state index contributed by atoms with van der Waals surface area (Å²) in [6.45, 7) is 6.18. The number of aliphatic hydroxyl groups excluding tert-OH is 1. The molecule has 4 nitrogen and oxygen atoms in total. The van der Waals surface area contributed by atoms with E-state index in [1.807, 2.05) is 31.2 Å². The van der Waals surface area contributed by atoms with Crippen LogP contribution in [0.1, 0.15) is 38.7 Å². The molecule has 4 heteroatoms. The Balaban J connectivity index is 2.37. The maximum absolute atomic E-state index is 11.6. The number of amides is 1. The van der Waals surface area contributed by atoms with Gasteiger partial charge in [-0.05, 0) is 37.0 Å². The summed E-state index contributed by atoms with van der Waals surface area (Å²) in [6, 6.07) is 7.72. The van der Waals surface area contributed by atoms with Crippen LogP contribution in [0.4, 0.5) is 0 Å². The van der Waals surface area contributed by atoms with Crippen molar-refractivity contribution in [3.8, 4) is 5.75 Å². The molecule has 1 atom stereocenters. The zero-order valence-corrected chi connectivity index (χ0v) is 11.8. The first kappa shape index (κ1) is 15.5. The molecule has 1 amide bonds. The zero-order valence-electron chi connectivity index (χ0n) is 11.8. The molecule has 0 aromatic heterocycles. The van der Waals surface area contributed by atoms with E-state index in [-0.39, 0.29) is 25.2 Å². The summed E-state index contributed by atoms with van der Waals surface area (Å²) in [5.74, 6) is 1.000. The molecule has 1 aromatic carbocycles. The summed E-state index contributed by atoms with van der Waals surface area (Å²) in [4.78, 5) is 11.6. The molecule has 0 aliphatic rings. The number of hydrogen-bond acceptors (Lipinski definition) is 3. The molecule has 1 aromatic rings. The molecule has 0 aliphatic heterocycles. The first-order valence-electron chi connectivity index (χ1n) is 6.66. The van der Waals surface area contributed by atoms with Crippen LogP contribution in [-0.4, -0.2) is 30.3 Å². The number of aliphatic hydroxyl groups is 1. The monoisotopic (exact) mass is 265 g/mol. The molecule has 0 saturated heterocycles. The van der Waals surface area contributed by atoms with Crippen molar-refractivity contribution in [2.45, 2.75) is 39.2 Å². The van der Waals surface area contributed by atoms with E-state index in [9.17, 15) is 4.79 Å². The van der Waals surface area contributed by atoms with E-state index in [1.54, 1.807) is 0 Å². The molecule has 0 bridgehead atoms. The molecule has 1 unspecified atom stereocenters. The molecule has 0 radical (unpaired) electrons. The summed E-state index contributed by atoms with van der Waals surface area (Å²) in [5, 5.41) is 11.5. The Morgan fingerprint density at radius 3 is 2.42 bits per heavy atom. The van der Waals surface area contributed by atoms with Gasteiger partial charge >= 0.3 is 0 Å². The third-order valence-corrected chi connectivity index (χ3v) is 2.89. The molecule has 2 N–H and O–H groups in total. The Bertz CT molecular complexity index is 387. The standard InChI is InChI=1S/C15H23NO3/c1-11(2)13-4-6-14(7-5-13)19-10-15(18)16-12(3)8-9-17/h4-7,11-12,17H,8-10H2,1-3H3,(H,16,18). The van der Waals surface area contributed by atoms with Crippen LogP contribution in [0.25, 0.3) is 0 Å². The van der Waals surface area contributed by atoms with Gasteiger partial charge in [0, 0.05) is 12.6 Å². The predicted octanol–water partition coefficient (Wildman–Crippen LogP) is 2.08. The van der Waals surface area contributed by atoms with E-state index in [0.717, 1.165) is 0 Å². The van der Waals surface area contributed by atoms with Crippen molar-refractivity contribution in [3.63, 3.8) is 0 Å². The van der Waals surface area contributed by atoms with Crippen molar-refractivity contribution in [2.24, 2.45) is 0 Å². The topological polar surface area (TPSA) is 58.6 Å². The van der Waals surface area contributed by atoms with Crippen molar-refractivity contribution >= 4 is 5.91 Å². The van der Waals surface area contributed by atoms with Gasteiger partial charge < -0.3 is 15.2 Å². The normalized spacial score (nSPS) is 12.3. The fraction of sp³-hybridized carbons (Fsp3) is 0.533. The molecule has 0 fully saturated rings.